The second-order valence-corrected chi connectivity index (χ2v) is 9.51. The largest absolute Gasteiger partial charge is 0.493 e. The van der Waals surface area contributed by atoms with Crippen LogP contribution >= 0.6 is 0 Å². The van der Waals surface area contributed by atoms with Crippen molar-refractivity contribution in [2.45, 2.75) is 39.8 Å². The van der Waals surface area contributed by atoms with Crippen LogP contribution in [0.5, 0.6) is 5.75 Å². The van der Waals surface area contributed by atoms with Crippen molar-refractivity contribution in [2.75, 3.05) is 26.2 Å². The summed E-state index contributed by atoms with van der Waals surface area (Å²) in [6.45, 7) is 8.67. The average molecular weight is 548 g/mol. The monoisotopic (exact) mass is 547 g/mol. The highest BCUT2D eigenvalue weighted by atomic mass is 19.4. The van der Waals surface area contributed by atoms with E-state index in [4.69, 9.17) is 4.74 Å². The number of pyridine rings is 1. The molecular formula is C32H32F3N3O2. The van der Waals surface area contributed by atoms with E-state index in [1.54, 1.807) is 24.4 Å². The number of aryl methyl sites for hydroxylation is 1. The first-order valence-corrected chi connectivity index (χ1v) is 13.3. The number of ketones is 1. The summed E-state index contributed by atoms with van der Waals surface area (Å²) in [6.07, 6.45) is -0.596. The van der Waals surface area contributed by atoms with Crippen LogP contribution in [0.1, 0.15) is 58.6 Å². The maximum Gasteiger partial charge on any atom is 0.419 e. The Kier molecular flexibility index (Phi) is 9.28. The molecule has 0 atom stereocenters. The number of alkyl halides is 3. The van der Waals surface area contributed by atoms with E-state index in [0.29, 0.717) is 23.2 Å². The van der Waals surface area contributed by atoms with Gasteiger partial charge in [-0.1, -0.05) is 44.0 Å². The Morgan fingerprint density at radius 3 is 2.60 bits per heavy atom. The van der Waals surface area contributed by atoms with Crippen LogP contribution in [0.15, 0.2) is 67.0 Å². The zero-order valence-corrected chi connectivity index (χ0v) is 22.9. The highest BCUT2D eigenvalue weighted by Gasteiger charge is 2.35. The van der Waals surface area contributed by atoms with Gasteiger partial charge in [-0.3, -0.25) is 9.20 Å². The van der Waals surface area contributed by atoms with Crippen molar-refractivity contribution in [3.8, 4) is 17.6 Å². The second-order valence-electron chi connectivity index (χ2n) is 9.51. The molecule has 40 heavy (non-hydrogen) atoms. The third-order valence-corrected chi connectivity index (χ3v) is 6.79. The van der Waals surface area contributed by atoms with Crippen molar-refractivity contribution in [3.63, 3.8) is 0 Å². The number of imidazole rings is 1. The van der Waals surface area contributed by atoms with Gasteiger partial charge in [-0.05, 0) is 73.8 Å². The lowest BCUT2D eigenvalue weighted by molar-refractivity contribution is -0.139. The van der Waals surface area contributed by atoms with Gasteiger partial charge < -0.3 is 9.64 Å². The zero-order chi connectivity index (χ0) is 28.7. The third kappa shape index (κ3) is 7.10. The maximum atomic E-state index is 13.8. The fourth-order valence-corrected chi connectivity index (χ4v) is 4.42. The van der Waals surface area contributed by atoms with Gasteiger partial charge in [-0.2, -0.15) is 13.2 Å². The molecule has 0 saturated heterocycles. The third-order valence-electron chi connectivity index (χ3n) is 6.79. The van der Waals surface area contributed by atoms with Gasteiger partial charge in [-0.15, -0.1) is 0 Å². The molecule has 0 unspecified atom stereocenters. The Bertz CT molecular complexity index is 1540. The summed E-state index contributed by atoms with van der Waals surface area (Å²) >= 11 is 0. The number of ether oxygens (including phenoxy) is 1. The number of rotatable bonds is 10. The van der Waals surface area contributed by atoms with Crippen LogP contribution in [0.3, 0.4) is 0 Å². The van der Waals surface area contributed by atoms with Crippen molar-refractivity contribution >= 4 is 11.4 Å². The van der Waals surface area contributed by atoms with E-state index in [1.165, 1.54) is 12.1 Å². The second kappa shape index (κ2) is 12.8. The molecule has 0 fully saturated rings. The van der Waals surface area contributed by atoms with Crippen molar-refractivity contribution in [1.29, 1.82) is 0 Å². The zero-order valence-electron chi connectivity index (χ0n) is 22.9. The van der Waals surface area contributed by atoms with Crippen molar-refractivity contribution in [1.82, 2.24) is 14.3 Å². The van der Waals surface area contributed by atoms with Crippen LogP contribution in [0.4, 0.5) is 13.2 Å². The van der Waals surface area contributed by atoms with Crippen LogP contribution in [0, 0.1) is 18.8 Å². The highest BCUT2D eigenvalue weighted by molar-refractivity contribution is 5.98. The molecule has 0 spiro atoms. The van der Waals surface area contributed by atoms with Gasteiger partial charge in [0.2, 0.25) is 0 Å². The summed E-state index contributed by atoms with van der Waals surface area (Å²) in [7, 11) is 0. The van der Waals surface area contributed by atoms with E-state index in [2.05, 4.69) is 21.7 Å². The minimum Gasteiger partial charge on any atom is -0.493 e. The first-order chi connectivity index (χ1) is 19.2. The first kappa shape index (κ1) is 28.9. The Balaban J connectivity index is 1.49. The summed E-state index contributed by atoms with van der Waals surface area (Å²) in [4.78, 5) is 19.6. The van der Waals surface area contributed by atoms with Crippen LogP contribution in [-0.2, 0) is 12.6 Å². The molecule has 2 aromatic heterocycles. The van der Waals surface area contributed by atoms with Gasteiger partial charge in [0.05, 0.1) is 18.4 Å². The predicted octanol–water partition coefficient (Wildman–Crippen LogP) is 6.60. The molecule has 0 aliphatic rings. The Hall–Kier alpha value is -4.09. The smallest absolute Gasteiger partial charge is 0.419 e. The molecule has 2 aromatic carbocycles. The van der Waals surface area contributed by atoms with E-state index in [-0.39, 0.29) is 30.1 Å². The van der Waals surface area contributed by atoms with Crippen molar-refractivity contribution < 1.29 is 22.7 Å². The van der Waals surface area contributed by atoms with E-state index in [1.807, 2.05) is 49.6 Å². The number of Topliss-reactive ketones (excluding diaryl/α,β-unsaturated/α-hetero) is 1. The SMILES string of the molecule is CCN(CC)CCCOc1ccc(CC(=O)c2ccc(C)c(C#Cc3cnc4ccccn34)c2)cc1C(F)(F)F. The van der Waals surface area contributed by atoms with Gasteiger partial charge in [-0.25, -0.2) is 4.98 Å². The summed E-state index contributed by atoms with van der Waals surface area (Å²) in [5.41, 5.74) is 2.83. The lowest BCUT2D eigenvalue weighted by Crippen LogP contribution is -2.25. The average Bonchev–Trinajstić information content (AvgIpc) is 3.35. The van der Waals surface area contributed by atoms with Gasteiger partial charge in [0, 0.05) is 30.3 Å². The van der Waals surface area contributed by atoms with E-state index in [0.717, 1.165) is 36.9 Å². The Morgan fingerprint density at radius 1 is 1.05 bits per heavy atom. The number of hydrogen-bond acceptors (Lipinski definition) is 4. The summed E-state index contributed by atoms with van der Waals surface area (Å²) in [5, 5.41) is 0. The molecule has 2 heterocycles. The number of carbonyl (C=O) groups is 1. The summed E-state index contributed by atoms with van der Waals surface area (Å²) < 4.78 is 48.9. The molecule has 0 aliphatic carbocycles. The Labute approximate surface area is 232 Å². The van der Waals surface area contributed by atoms with Crippen LogP contribution < -0.4 is 4.74 Å². The molecule has 208 valence electrons. The number of benzene rings is 2. The van der Waals surface area contributed by atoms with Crippen LogP contribution in [-0.4, -0.2) is 46.3 Å². The maximum absolute atomic E-state index is 13.8. The lowest BCUT2D eigenvalue weighted by Gasteiger charge is -2.19. The standard InChI is InChI=1S/C32H32F3N3O2/c1-4-37(5-2)16-8-18-40-30-15-11-24(19-28(30)32(33,34)35)20-29(39)26-12-10-23(3)25(21-26)13-14-27-22-36-31-9-6-7-17-38(27)31/h6-7,9-12,15,17,19,21-22H,4-5,8,16,18,20H2,1-3H3. The number of aromatic nitrogens is 2. The normalized spacial score (nSPS) is 11.5. The number of hydrogen-bond donors (Lipinski definition) is 0. The molecule has 0 amide bonds. The van der Waals surface area contributed by atoms with E-state index < -0.39 is 11.7 Å². The quantitative estimate of drug-likeness (QED) is 0.128. The highest BCUT2D eigenvalue weighted by Crippen LogP contribution is 2.37. The van der Waals surface area contributed by atoms with Gasteiger partial charge >= 0.3 is 6.18 Å². The lowest BCUT2D eigenvalue weighted by atomic mass is 9.97. The summed E-state index contributed by atoms with van der Waals surface area (Å²) in [6, 6.07) is 14.7. The Morgan fingerprint density at radius 2 is 1.85 bits per heavy atom. The van der Waals surface area contributed by atoms with E-state index in [9.17, 15) is 18.0 Å². The number of fused-ring (bicyclic) bond motifs is 1. The molecule has 5 nitrogen and oxygen atoms in total. The molecule has 4 aromatic rings. The van der Waals surface area contributed by atoms with Crippen molar-refractivity contribution in [3.05, 3.63) is 101 Å². The predicted molar refractivity (Wildman–Crippen MR) is 150 cm³/mol. The van der Waals surface area contributed by atoms with Crippen molar-refractivity contribution in [2.24, 2.45) is 0 Å². The topological polar surface area (TPSA) is 46.8 Å². The molecule has 0 radical (unpaired) electrons. The first-order valence-electron chi connectivity index (χ1n) is 13.3. The molecule has 0 aliphatic heterocycles. The molecule has 8 heteroatoms. The van der Waals surface area contributed by atoms with Gasteiger partial charge in [0.15, 0.2) is 5.78 Å². The molecule has 0 saturated carbocycles. The number of nitrogens with zero attached hydrogens (tertiary/aromatic N) is 3. The molecule has 0 N–H and O–H groups in total. The fraction of sp³-hybridized carbons (Fsp3) is 0.312. The number of halogens is 3. The summed E-state index contributed by atoms with van der Waals surface area (Å²) in [5.74, 6) is 5.70. The number of carbonyl (C=O) groups excluding carboxylic acids is 1. The fourth-order valence-electron chi connectivity index (χ4n) is 4.42. The minimum absolute atomic E-state index is 0.172. The van der Waals surface area contributed by atoms with Crippen LogP contribution in [0.25, 0.3) is 5.65 Å². The van der Waals surface area contributed by atoms with E-state index >= 15 is 0 Å². The van der Waals surface area contributed by atoms with Gasteiger partial charge in [0.25, 0.3) is 0 Å². The molecule has 0 bridgehead atoms. The van der Waals surface area contributed by atoms with Gasteiger partial charge in [0.1, 0.15) is 17.1 Å². The van der Waals surface area contributed by atoms with Crippen LogP contribution in [0.2, 0.25) is 0 Å². The minimum atomic E-state index is -4.60. The molecular weight excluding hydrogens is 515 g/mol. The molecule has 4 rings (SSSR count).